The summed E-state index contributed by atoms with van der Waals surface area (Å²) >= 11 is 0. The third kappa shape index (κ3) is 6.13. The van der Waals surface area contributed by atoms with Crippen LogP contribution in [0.1, 0.15) is 30.1 Å². The van der Waals surface area contributed by atoms with Gasteiger partial charge in [-0.25, -0.2) is 13.1 Å². The highest BCUT2D eigenvalue weighted by atomic mass is 32.2. The van der Waals surface area contributed by atoms with Crippen LogP contribution < -0.4 is 10.0 Å². The van der Waals surface area contributed by atoms with E-state index in [4.69, 9.17) is 0 Å². The van der Waals surface area contributed by atoms with Gasteiger partial charge in [0.25, 0.3) is 5.91 Å². The van der Waals surface area contributed by atoms with Gasteiger partial charge in [0.15, 0.2) is 0 Å². The van der Waals surface area contributed by atoms with Gasteiger partial charge in [0, 0.05) is 25.2 Å². The fraction of sp³-hybridized carbons (Fsp3) is 0.533. The minimum Gasteiger partial charge on any atom is -0.352 e. The molecule has 0 heterocycles. The second-order valence-corrected chi connectivity index (χ2v) is 7.10. The summed E-state index contributed by atoms with van der Waals surface area (Å²) in [5.74, 6) is -0.182. The van der Waals surface area contributed by atoms with Crippen molar-refractivity contribution in [2.24, 2.45) is 0 Å². The Bertz CT molecular complexity index is 568. The summed E-state index contributed by atoms with van der Waals surface area (Å²) in [4.78, 5) is 13.9. The Labute approximate surface area is 132 Å². The number of unbranched alkanes of at least 4 members (excludes halogenated alkanes) is 1. The molecule has 0 saturated heterocycles. The molecule has 0 fully saturated rings. The third-order valence-electron chi connectivity index (χ3n) is 3.09. The van der Waals surface area contributed by atoms with E-state index in [9.17, 15) is 13.2 Å². The van der Waals surface area contributed by atoms with E-state index in [2.05, 4.69) is 17.0 Å². The molecule has 0 radical (unpaired) electrons. The molecule has 6 nitrogen and oxygen atoms in total. The molecule has 0 aliphatic heterocycles. The number of carbonyl (C=O) groups is 1. The van der Waals surface area contributed by atoms with Crippen molar-refractivity contribution >= 4 is 15.9 Å². The van der Waals surface area contributed by atoms with E-state index in [1.807, 2.05) is 19.0 Å². The Balaban J connectivity index is 2.65. The minimum absolute atomic E-state index is 0.163. The van der Waals surface area contributed by atoms with Crippen molar-refractivity contribution in [1.29, 1.82) is 0 Å². The monoisotopic (exact) mass is 327 g/mol. The summed E-state index contributed by atoms with van der Waals surface area (Å²) in [6.45, 7) is 3.64. The molecule has 0 bridgehead atoms. The van der Waals surface area contributed by atoms with Gasteiger partial charge in [-0.3, -0.25) is 4.79 Å². The van der Waals surface area contributed by atoms with E-state index in [1.165, 1.54) is 24.3 Å². The zero-order valence-electron chi connectivity index (χ0n) is 13.4. The van der Waals surface area contributed by atoms with Crippen LogP contribution in [0, 0.1) is 0 Å². The van der Waals surface area contributed by atoms with Crippen molar-refractivity contribution in [1.82, 2.24) is 14.9 Å². The molecule has 7 heteroatoms. The highest BCUT2D eigenvalue weighted by Crippen LogP contribution is 2.10. The van der Waals surface area contributed by atoms with Gasteiger partial charge < -0.3 is 10.2 Å². The smallest absolute Gasteiger partial charge is 0.251 e. The number of nitrogens with zero attached hydrogens (tertiary/aromatic N) is 1. The Morgan fingerprint density at radius 2 is 1.77 bits per heavy atom. The maximum Gasteiger partial charge on any atom is 0.251 e. The van der Waals surface area contributed by atoms with Crippen LogP contribution in [0.4, 0.5) is 0 Å². The van der Waals surface area contributed by atoms with E-state index in [-0.39, 0.29) is 10.8 Å². The van der Waals surface area contributed by atoms with Gasteiger partial charge in [0.1, 0.15) is 0 Å². The second-order valence-electron chi connectivity index (χ2n) is 5.33. The fourth-order valence-corrected chi connectivity index (χ4v) is 2.77. The maximum absolute atomic E-state index is 12.1. The zero-order chi connectivity index (χ0) is 16.6. The number of sulfonamides is 1. The molecule has 1 rings (SSSR count). The van der Waals surface area contributed by atoms with Crippen molar-refractivity contribution < 1.29 is 13.2 Å². The van der Waals surface area contributed by atoms with Gasteiger partial charge in [-0.15, -0.1) is 0 Å². The van der Waals surface area contributed by atoms with Crippen LogP contribution in [0.2, 0.25) is 0 Å². The molecule has 0 atom stereocenters. The molecule has 0 aliphatic carbocycles. The van der Waals surface area contributed by atoms with Gasteiger partial charge in [0.05, 0.1) is 4.90 Å². The average molecular weight is 327 g/mol. The summed E-state index contributed by atoms with van der Waals surface area (Å²) in [5, 5.41) is 2.80. The van der Waals surface area contributed by atoms with Crippen molar-refractivity contribution in [2.75, 3.05) is 33.7 Å². The lowest BCUT2D eigenvalue weighted by molar-refractivity contribution is 0.0953. The van der Waals surface area contributed by atoms with Crippen molar-refractivity contribution in [2.45, 2.75) is 24.7 Å². The predicted molar refractivity (Wildman–Crippen MR) is 87.4 cm³/mol. The predicted octanol–water partition coefficient (Wildman–Crippen LogP) is 1.06. The van der Waals surface area contributed by atoms with E-state index in [0.29, 0.717) is 25.2 Å². The molecule has 0 unspecified atom stereocenters. The molecule has 2 N–H and O–H groups in total. The molecule has 0 saturated carbocycles. The Morgan fingerprint density at radius 3 is 2.32 bits per heavy atom. The lowest BCUT2D eigenvalue weighted by atomic mass is 10.2. The van der Waals surface area contributed by atoms with Gasteiger partial charge in [-0.1, -0.05) is 13.3 Å². The number of amides is 1. The first-order valence-electron chi connectivity index (χ1n) is 7.39. The molecule has 1 aromatic rings. The van der Waals surface area contributed by atoms with E-state index in [1.54, 1.807) is 0 Å². The molecular weight excluding hydrogens is 302 g/mol. The van der Waals surface area contributed by atoms with Crippen LogP contribution >= 0.6 is 0 Å². The van der Waals surface area contributed by atoms with Crippen LogP contribution in [0.3, 0.4) is 0 Å². The van der Waals surface area contributed by atoms with Crippen LogP contribution in [0.5, 0.6) is 0 Å². The molecular formula is C15H25N3O3S. The number of hydrogen-bond donors (Lipinski definition) is 2. The third-order valence-corrected chi connectivity index (χ3v) is 4.57. The number of carbonyl (C=O) groups excluding carboxylic acids is 1. The Morgan fingerprint density at radius 1 is 1.14 bits per heavy atom. The van der Waals surface area contributed by atoms with Gasteiger partial charge in [0.2, 0.25) is 10.0 Å². The molecule has 0 aliphatic rings. The SMILES string of the molecule is CCCCNC(=O)c1ccc(S(=O)(=O)NCCN(C)C)cc1. The fourth-order valence-electron chi connectivity index (χ4n) is 1.75. The van der Waals surface area contributed by atoms with Crippen LogP contribution in [0.25, 0.3) is 0 Å². The van der Waals surface area contributed by atoms with Crippen molar-refractivity contribution in [3.63, 3.8) is 0 Å². The minimum atomic E-state index is -3.53. The molecule has 1 aromatic carbocycles. The number of nitrogens with one attached hydrogen (secondary N) is 2. The van der Waals surface area contributed by atoms with Crippen molar-refractivity contribution in [3.8, 4) is 0 Å². The van der Waals surface area contributed by atoms with Gasteiger partial charge >= 0.3 is 0 Å². The molecule has 1 amide bonds. The first-order valence-corrected chi connectivity index (χ1v) is 8.88. The Hall–Kier alpha value is -1.44. The summed E-state index contributed by atoms with van der Waals surface area (Å²) < 4.78 is 26.7. The van der Waals surface area contributed by atoms with E-state index >= 15 is 0 Å². The quantitative estimate of drug-likeness (QED) is 0.665. The molecule has 0 aromatic heterocycles. The van der Waals surface area contributed by atoms with Crippen LogP contribution in [-0.4, -0.2) is 53.0 Å². The number of rotatable bonds is 9. The van der Waals surface area contributed by atoms with Crippen LogP contribution in [-0.2, 0) is 10.0 Å². The average Bonchev–Trinajstić information content (AvgIpc) is 2.47. The highest BCUT2D eigenvalue weighted by Gasteiger charge is 2.14. The lowest BCUT2D eigenvalue weighted by Gasteiger charge is -2.11. The summed E-state index contributed by atoms with van der Waals surface area (Å²) in [5.41, 5.74) is 0.461. The Kier molecular flexibility index (Phi) is 7.50. The topological polar surface area (TPSA) is 78.5 Å². The summed E-state index contributed by atoms with van der Waals surface area (Å²) in [6.07, 6.45) is 1.93. The van der Waals surface area contributed by atoms with Gasteiger partial charge in [-0.05, 0) is 44.8 Å². The zero-order valence-corrected chi connectivity index (χ0v) is 14.2. The number of likely N-dealkylation sites (N-methyl/N-ethyl adjacent to an activating group) is 1. The highest BCUT2D eigenvalue weighted by molar-refractivity contribution is 7.89. The van der Waals surface area contributed by atoms with Crippen molar-refractivity contribution in [3.05, 3.63) is 29.8 Å². The normalized spacial score (nSPS) is 11.6. The largest absolute Gasteiger partial charge is 0.352 e. The summed E-state index contributed by atoms with van der Waals surface area (Å²) in [6, 6.07) is 5.96. The molecule has 124 valence electrons. The molecule has 22 heavy (non-hydrogen) atoms. The first-order chi connectivity index (χ1) is 10.4. The number of benzene rings is 1. The summed E-state index contributed by atoms with van der Waals surface area (Å²) in [7, 11) is 0.223. The number of hydrogen-bond acceptors (Lipinski definition) is 4. The van der Waals surface area contributed by atoms with Gasteiger partial charge in [-0.2, -0.15) is 0 Å². The second kappa shape index (κ2) is 8.87. The maximum atomic E-state index is 12.1. The molecule has 0 spiro atoms. The van der Waals surface area contributed by atoms with E-state index < -0.39 is 10.0 Å². The van der Waals surface area contributed by atoms with Crippen LogP contribution in [0.15, 0.2) is 29.2 Å². The standard InChI is InChI=1S/C15H25N3O3S/c1-4-5-10-16-15(19)13-6-8-14(9-7-13)22(20,21)17-11-12-18(2)3/h6-9,17H,4-5,10-12H2,1-3H3,(H,16,19). The lowest BCUT2D eigenvalue weighted by Crippen LogP contribution is -2.31. The first kappa shape index (κ1) is 18.6. The van der Waals surface area contributed by atoms with E-state index in [0.717, 1.165) is 12.8 Å².